The SMILES string of the molecule is CC(C)OCC(C)(C)OCCN(N)/C=C(\N)C(CC(=O)NC(C(=O)NCC(=O)Nc1ccc(COC(=O)C(C)C)c(CCC2CC(O)CC(C(=O)O)O2)c1)C(C)C)N1C(=O)C=CC1=O. The quantitative estimate of drug-likeness (QED) is 0.0316. The Morgan fingerprint density at radius 2 is 1.69 bits per heavy atom. The number of aliphatic hydroxyl groups excluding tert-OH is 1. The fourth-order valence-corrected chi connectivity index (χ4v) is 6.73. The summed E-state index contributed by atoms with van der Waals surface area (Å²) in [6.07, 6.45) is 1.29. The van der Waals surface area contributed by atoms with Crippen LogP contribution in [0, 0.1) is 11.8 Å². The number of rotatable bonds is 25. The van der Waals surface area contributed by atoms with E-state index in [1.54, 1.807) is 45.9 Å². The lowest BCUT2D eigenvalue weighted by molar-refractivity contribution is -0.166. The highest BCUT2D eigenvalue weighted by Gasteiger charge is 2.36. The van der Waals surface area contributed by atoms with Crippen LogP contribution >= 0.6 is 0 Å². The van der Waals surface area contributed by atoms with Gasteiger partial charge in [-0.2, -0.15) is 0 Å². The number of nitrogens with two attached hydrogens (primary N) is 2. The van der Waals surface area contributed by atoms with E-state index in [0.717, 1.165) is 17.1 Å². The third-order valence-electron chi connectivity index (χ3n) is 10.2. The van der Waals surface area contributed by atoms with Gasteiger partial charge in [-0.1, -0.05) is 33.8 Å². The number of hydrazine groups is 1. The number of amides is 5. The van der Waals surface area contributed by atoms with Crippen LogP contribution in [0.3, 0.4) is 0 Å². The standard InChI is InChI=1S/C44H67N7O13/c1-25(2)40(49-36(53)20-34(51-38(55)13-14-39(51)56)33(45)22-50(46)15-16-63-44(7,8)24-62-27(5)6)41(57)47-21-37(54)48-30-11-9-29(23-61-43(60)26(3)4)28(17-30)10-12-32-18-31(52)19-35(64-32)42(58)59/h9,11,13-14,17,22,25-27,31-32,34-35,40,52H,10,12,15-16,18-21,23-24,45-46H2,1-8H3,(H,47,57)(H,48,54)(H,49,53)(H,58,59)/b33-22-. The first kappa shape index (κ1) is 52.9. The zero-order valence-corrected chi connectivity index (χ0v) is 38.1. The third-order valence-corrected chi connectivity index (χ3v) is 10.2. The number of carboxylic acids is 1. The summed E-state index contributed by atoms with van der Waals surface area (Å²) in [5.41, 5.74) is 7.38. The van der Waals surface area contributed by atoms with Crippen molar-refractivity contribution in [3.8, 4) is 0 Å². The first-order valence-corrected chi connectivity index (χ1v) is 21.5. The summed E-state index contributed by atoms with van der Waals surface area (Å²) in [6, 6.07) is 2.56. The summed E-state index contributed by atoms with van der Waals surface area (Å²) in [7, 11) is 0. The molecule has 0 spiro atoms. The predicted molar refractivity (Wildman–Crippen MR) is 233 cm³/mol. The summed E-state index contributed by atoms with van der Waals surface area (Å²) in [4.78, 5) is 90.2. The van der Waals surface area contributed by atoms with Crippen LogP contribution < -0.4 is 27.5 Å². The zero-order valence-electron chi connectivity index (χ0n) is 38.1. The van der Waals surface area contributed by atoms with Gasteiger partial charge in [0.05, 0.1) is 68.6 Å². The Labute approximate surface area is 374 Å². The molecule has 0 bridgehead atoms. The fourth-order valence-electron chi connectivity index (χ4n) is 6.73. The van der Waals surface area contributed by atoms with Gasteiger partial charge in [0.25, 0.3) is 11.8 Å². The molecule has 0 radical (unpaired) electrons. The zero-order chi connectivity index (χ0) is 47.9. The lowest BCUT2D eigenvalue weighted by Gasteiger charge is -2.31. The second-order valence-electron chi connectivity index (χ2n) is 17.5. The van der Waals surface area contributed by atoms with Crippen LogP contribution in [0.1, 0.15) is 92.2 Å². The van der Waals surface area contributed by atoms with Gasteiger partial charge in [-0.15, -0.1) is 0 Å². The Morgan fingerprint density at radius 3 is 2.30 bits per heavy atom. The van der Waals surface area contributed by atoms with Gasteiger partial charge in [0.15, 0.2) is 6.10 Å². The van der Waals surface area contributed by atoms with Gasteiger partial charge in [0.1, 0.15) is 12.6 Å². The van der Waals surface area contributed by atoms with E-state index in [1.165, 1.54) is 11.2 Å². The maximum absolute atomic E-state index is 13.5. The average molecular weight is 902 g/mol. The monoisotopic (exact) mass is 901 g/mol. The van der Waals surface area contributed by atoms with Gasteiger partial charge in [-0.25, -0.2) is 10.6 Å². The molecule has 20 nitrogen and oxygen atoms in total. The number of aryl methyl sites for hydroxylation is 1. The highest BCUT2D eigenvalue weighted by molar-refractivity contribution is 6.13. The first-order chi connectivity index (χ1) is 30.0. The van der Waals surface area contributed by atoms with Crippen molar-refractivity contribution in [2.24, 2.45) is 23.4 Å². The number of hydrogen-bond acceptors (Lipinski definition) is 15. The van der Waals surface area contributed by atoms with E-state index in [2.05, 4.69) is 16.0 Å². The smallest absolute Gasteiger partial charge is 0.332 e. The molecular formula is C44H67N7O13. The molecule has 1 saturated heterocycles. The largest absolute Gasteiger partial charge is 0.479 e. The van der Waals surface area contributed by atoms with E-state index in [9.17, 15) is 43.8 Å². The molecule has 2 heterocycles. The predicted octanol–water partition coefficient (Wildman–Crippen LogP) is 1.39. The first-order valence-electron chi connectivity index (χ1n) is 21.5. The van der Waals surface area contributed by atoms with Gasteiger partial charge >= 0.3 is 11.9 Å². The van der Waals surface area contributed by atoms with Gasteiger partial charge in [0.2, 0.25) is 17.7 Å². The Kier molecular flexibility index (Phi) is 20.3. The number of hydrogen-bond donors (Lipinski definition) is 7. The Bertz CT molecular complexity index is 1860. The number of carbonyl (C=O) groups excluding carboxylic acids is 6. The molecule has 5 amide bonds. The fraction of sp³-hybridized carbons (Fsp3) is 0.614. The topological polar surface area (TPSA) is 291 Å². The van der Waals surface area contributed by atoms with Crippen LogP contribution in [0.25, 0.3) is 0 Å². The lowest BCUT2D eigenvalue weighted by atomic mass is 9.94. The number of aliphatic carboxylic acids is 1. The molecule has 0 aliphatic carbocycles. The van der Waals surface area contributed by atoms with E-state index in [0.29, 0.717) is 36.3 Å². The molecule has 5 atom stereocenters. The summed E-state index contributed by atoms with van der Waals surface area (Å²) in [6.45, 7) is 14.5. The summed E-state index contributed by atoms with van der Waals surface area (Å²) in [5.74, 6) is 0.387. The van der Waals surface area contributed by atoms with E-state index in [-0.39, 0.29) is 50.3 Å². The number of benzene rings is 1. The average Bonchev–Trinajstić information content (AvgIpc) is 3.54. The van der Waals surface area contributed by atoms with Crippen LogP contribution in [0.4, 0.5) is 5.69 Å². The maximum Gasteiger partial charge on any atom is 0.332 e. The molecule has 5 unspecified atom stereocenters. The molecule has 0 saturated carbocycles. The van der Waals surface area contributed by atoms with Crippen LogP contribution in [0.2, 0.25) is 0 Å². The van der Waals surface area contributed by atoms with Gasteiger partial charge in [0, 0.05) is 36.2 Å². The minimum absolute atomic E-state index is 0.0147. The van der Waals surface area contributed by atoms with Crippen molar-refractivity contribution in [2.45, 2.75) is 136 Å². The van der Waals surface area contributed by atoms with E-state index >= 15 is 0 Å². The molecule has 0 aromatic heterocycles. The number of aliphatic hydroxyl groups is 1. The minimum Gasteiger partial charge on any atom is -0.479 e. The summed E-state index contributed by atoms with van der Waals surface area (Å²) >= 11 is 0. The highest BCUT2D eigenvalue weighted by Crippen LogP contribution is 2.26. The summed E-state index contributed by atoms with van der Waals surface area (Å²) in [5, 5.41) is 28.8. The number of ether oxygens (including phenoxy) is 4. The van der Waals surface area contributed by atoms with Crippen molar-refractivity contribution < 1.29 is 62.7 Å². The molecule has 356 valence electrons. The maximum atomic E-state index is 13.5. The van der Waals surface area contributed by atoms with Gasteiger partial charge < -0.3 is 55.9 Å². The second-order valence-corrected chi connectivity index (χ2v) is 17.5. The van der Waals surface area contributed by atoms with Crippen LogP contribution in [-0.2, 0) is 65.5 Å². The Balaban J connectivity index is 1.66. The third kappa shape index (κ3) is 17.3. The Hall–Kier alpha value is -5.41. The number of anilines is 1. The molecule has 9 N–H and O–H groups in total. The van der Waals surface area contributed by atoms with E-state index in [4.69, 9.17) is 30.5 Å². The number of nitrogens with zero attached hydrogens (tertiary/aromatic N) is 2. The van der Waals surface area contributed by atoms with Crippen molar-refractivity contribution in [3.05, 3.63) is 53.4 Å². The number of esters is 1. The van der Waals surface area contributed by atoms with E-state index < -0.39 is 96.4 Å². The van der Waals surface area contributed by atoms with Crippen LogP contribution in [0.15, 0.2) is 42.2 Å². The van der Waals surface area contributed by atoms with Crippen molar-refractivity contribution in [3.63, 3.8) is 0 Å². The number of carboxylic acid groups (broad SMARTS) is 1. The van der Waals surface area contributed by atoms with Crippen LogP contribution in [-0.4, -0.2) is 130 Å². The molecule has 1 aromatic rings. The van der Waals surface area contributed by atoms with Crippen LogP contribution in [0.5, 0.6) is 0 Å². The molecule has 3 rings (SSSR count). The molecular weight excluding hydrogens is 835 g/mol. The molecule has 1 fully saturated rings. The number of nitrogens with one attached hydrogen (secondary N) is 3. The van der Waals surface area contributed by atoms with Crippen molar-refractivity contribution >= 4 is 47.2 Å². The molecule has 2 aliphatic heterocycles. The molecule has 1 aromatic carbocycles. The van der Waals surface area contributed by atoms with E-state index in [1.807, 2.05) is 27.7 Å². The minimum atomic E-state index is -1.26. The highest BCUT2D eigenvalue weighted by atomic mass is 16.5. The van der Waals surface area contributed by atoms with Crippen molar-refractivity contribution in [2.75, 3.05) is 31.6 Å². The lowest BCUT2D eigenvalue weighted by Crippen LogP contribution is -2.53. The van der Waals surface area contributed by atoms with Gasteiger partial charge in [-0.3, -0.25) is 33.7 Å². The Morgan fingerprint density at radius 1 is 1.02 bits per heavy atom. The van der Waals surface area contributed by atoms with Crippen molar-refractivity contribution in [1.29, 1.82) is 0 Å². The summed E-state index contributed by atoms with van der Waals surface area (Å²) < 4.78 is 22.7. The number of carbonyl (C=O) groups is 7. The molecule has 64 heavy (non-hydrogen) atoms. The normalized spacial score (nSPS) is 18.9. The molecule has 2 aliphatic rings. The molecule has 20 heteroatoms. The second kappa shape index (κ2) is 24.6. The number of imide groups is 1. The van der Waals surface area contributed by atoms with Gasteiger partial charge in [-0.05, 0) is 76.1 Å². The van der Waals surface area contributed by atoms with Crippen molar-refractivity contribution in [1.82, 2.24) is 20.5 Å².